The molecular formula is C22H21N3O4. The van der Waals surface area contributed by atoms with Crippen LogP contribution in [0.1, 0.15) is 17.7 Å². The van der Waals surface area contributed by atoms with E-state index < -0.39 is 12.1 Å². The van der Waals surface area contributed by atoms with Gasteiger partial charge in [0.1, 0.15) is 17.5 Å². The van der Waals surface area contributed by atoms with E-state index in [1.54, 1.807) is 13.2 Å². The first-order valence-corrected chi connectivity index (χ1v) is 9.40. The van der Waals surface area contributed by atoms with Gasteiger partial charge >= 0.3 is 6.03 Å². The van der Waals surface area contributed by atoms with Gasteiger partial charge in [0.15, 0.2) is 5.76 Å². The van der Waals surface area contributed by atoms with Crippen molar-refractivity contribution in [2.24, 2.45) is 0 Å². The van der Waals surface area contributed by atoms with Gasteiger partial charge in [-0.3, -0.25) is 9.69 Å². The van der Waals surface area contributed by atoms with Crippen molar-refractivity contribution < 1.29 is 18.8 Å². The van der Waals surface area contributed by atoms with Crippen molar-refractivity contribution in [1.29, 1.82) is 0 Å². The Morgan fingerprint density at radius 2 is 1.86 bits per heavy atom. The fraction of sp³-hybridized carbons (Fsp3) is 0.227. The molecule has 1 aromatic heterocycles. The number of nitrogens with one attached hydrogen (secondary N) is 1. The van der Waals surface area contributed by atoms with Crippen molar-refractivity contribution in [3.8, 4) is 17.0 Å². The minimum Gasteiger partial charge on any atom is -0.496 e. The summed E-state index contributed by atoms with van der Waals surface area (Å²) in [6.45, 7) is 0.0364. The molecule has 3 aromatic rings. The number of methoxy groups -OCH3 is 1. The number of hydrogen-bond acceptors (Lipinski definition) is 5. The molecule has 7 nitrogen and oxygen atoms in total. The third-order valence-electron chi connectivity index (χ3n) is 4.93. The number of para-hydroxylation sites is 1. The average molecular weight is 391 g/mol. The van der Waals surface area contributed by atoms with E-state index in [1.165, 1.54) is 4.90 Å². The lowest BCUT2D eigenvalue weighted by Gasteiger charge is -2.10. The highest BCUT2D eigenvalue weighted by molar-refractivity contribution is 6.04. The molecule has 2 aromatic carbocycles. The van der Waals surface area contributed by atoms with E-state index in [4.69, 9.17) is 9.26 Å². The van der Waals surface area contributed by atoms with E-state index in [0.29, 0.717) is 30.0 Å². The van der Waals surface area contributed by atoms with Crippen molar-refractivity contribution in [2.75, 3.05) is 7.11 Å². The number of nitrogens with zero attached hydrogens (tertiary/aromatic N) is 2. The molecule has 0 radical (unpaired) electrons. The predicted octanol–water partition coefficient (Wildman–Crippen LogP) is 3.40. The van der Waals surface area contributed by atoms with E-state index in [1.807, 2.05) is 54.6 Å². The van der Waals surface area contributed by atoms with Crippen molar-refractivity contribution in [1.82, 2.24) is 15.4 Å². The predicted molar refractivity (Wildman–Crippen MR) is 106 cm³/mol. The van der Waals surface area contributed by atoms with Crippen LogP contribution in [0.25, 0.3) is 11.3 Å². The van der Waals surface area contributed by atoms with Crippen molar-refractivity contribution >= 4 is 11.9 Å². The van der Waals surface area contributed by atoms with Gasteiger partial charge in [-0.15, -0.1) is 0 Å². The number of carbonyl (C=O) groups is 2. The van der Waals surface area contributed by atoms with Crippen molar-refractivity contribution in [3.63, 3.8) is 0 Å². The Bertz CT molecular complexity index is 1020. The molecule has 2 heterocycles. The molecular weight excluding hydrogens is 370 g/mol. The number of aromatic nitrogens is 1. The summed E-state index contributed by atoms with van der Waals surface area (Å²) < 4.78 is 10.7. The number of carbonyl (C=O) groups excluding carboxylic acids is 2. The first-order valence-electron chi connectivity index (χ1n) is 9.40. The average Bonchev–Trinajstić information content (AvgIpc) is 3.33. The monoisotopic (exact) mass is 391 g/mol. The molecule has 29 heavy (non-hydrogen) atoms. The van der Waals surface area contributed by atoms with Crippen LogP contribution in [0, 0.1) is 0 Å². The lowest BCUT2D eigenvalue weighted by molar-refractivity contribution is -0.128. The lowest BCUT2D eigenvalue weighted by Crippen LogP contribution is -2.31. The Balaban J connectivity index is 1.42. The van der Waals surface area contributed by atoms with Gasteiger partial charge in [0.05, 0.1) is 13.7 Å². The van der Waals surface area contributed by atoms with Crippen LogP contribution in [0.3, 0.4) is 0 Å². The molecule has 0 aliphatic carbocycles. The Hall–Kier alpha value is -3.61. The Kier molecular flexibility index (Phi) is 5.29. The summed E-state index contributed by atoms with van der Waals surface area (Å²) in [6, 6.07) is 18.1. The van der Waals surface area contributed by atoms with Crippen molar-refractivity contribution in [3.05, 3.63) is 72.0 Å². The molecule has 0 bridgehead atoms. The normalized spacial score (nSPS) is 16.2. The zero-order valence-corrected chi connectivity index (χ0v) is 16.0. The Morgan fingerprint density at radius 3 is 2.66 bits per heavy atom. The van der Waals surface area contributed by atoms with Crippen LogP contribution in [-0.4, -0.2) is 35.1 Å². The molecule has 1 N–H and O–H groups in total. The summed E-state index contributed by atoms with van der Waals surface area (Å²) in [4.78, 5) is 26.1. The van der Waals surface area contributed by atoms with E-state index in [2.05, 4.69) is 10.5 Å². The molecule has 1 fully saturated rings. The summed E-state index contributed by atoms with van der Waals surface area (Å²) in [5, 5.41) is 6.81. The highest BCUT2D eigenvalue weighted by Gasteiger charge is 2.38. The summed E-state index contributed by atoms with van der Waals surface area (Å²) >= 11 is 0. The van der Waals surface area contributed by atoms with Gasteiger partial charge in [-0.25, -0.2) is 4.79 Å². The fourth-order valence-electron chi connectivity index (χ4n) is 3.40. The van der Waals surface area contributed by atoms with Gasteiger partial charge in [0, 0.05) is 11.6 Å². The van der Waals surface area contributed by atoms with E-state index in [0.717, 1.165) is 11.1 Å². The van der Waals surface area contributed by atoms with Crippen LogP contribution in [0.2, 0.25) is 0 Å². The number of imide groups is 1. The molecule has 3 amide bonds. The maximum Gasteiger partial charge on any atom is 0.325 e. The molecule has 1 unspecified atom stereocenters. The third-order valence-corrected chi connectivity index (χ3v) is 4.93. The largest absolute Gasteiger partial charge is 0.496 e. The standard InChI is InChI=1S/C22H21N3O4/c1-28-20-10-6-5-9-17(20)19-13-16(29-24-19)14-25-21(26)18(23-22(25)27)12-11-15-7-3-2-4-8-15/h2-10,13,18H,11-12,14H2,1H3,(H,23,27). The quantitative estimate of drug-likeness (QED) is 0.624. The first-order chi connectivity index (χ1) is 14.2. The molecule has 148 valence electrons. The maximum absolute atomic E-state index is 12.7. The number of urea groups is 1. The minimum atomic E-state index is -0.528. The molecule has 1 aliphatic heterocycles. The van der Waals surface area contributed by atoms with Crippen molar-refractivity contribution in [2.45, 2.75) is 25.4 Å². The van der Waals surface area contributed by atoms with Gasteiger partial charge in [0.2, 0.25) is 0 Å². The van der Waals surface area contributed by atoms with Gasteiger partial charge < -0.3 is 14.6 Å². The van der Waals surface area contributed by atoms with Crippen LogP contribution in [0.5, 0.6) is 5.75 Å². The highest BCUT2D eigenvalue weighted by Crippen LogP contribution is 2.29. The van der Waals surface area contributed by atoms with Crippen LogP contribution in [0.15, 0.2) is 65.2 Å². The Morgan fingerprint density at radius 1 is 1.10 bits per heavy atom. The van der Waals surface area contributed by atoms with Crippen LogP contribution < -0.4 is 10.1 Å². The second-order valence-electron chi connectivity index (χ2n) is 6.83. The number of benzene rings is 2. The first kappa shape index (κ1) is 18.7. The van der Waals surface area contributed by atoms with Crippen LogP contribution >= 0.6 is 0 Å². The van der Waals surface area contributed by atoms with Gasteiger partial charge in [-0.1, -0.05) is 47.6 Å². The number of hydrogen-bond donors (Lipinski definition) is 1. The summed E-state index contributed by atoms with van der Waals surface area (Å²) in [5.74, 6) is 0.850. The highest BCUT2D eigenvalue weighted by atomic mass is 16.5. The summed E-state index contributed by atoms with van der Waals surface area (Å²) in [6.07, 6.45) is 1.26. The zero-order chi connectivity index (χ0) is 20.2. The van der Waals surface area contributed by atoms with E-state index in [9.17, 15) is 9.59 Å². The van der Waals surface area contributed by atoms with Crippen LogP contribution in [0.4, 0.5) is 4.79 Å². The molecule has 1 aliphatic rings. The third kappa shape index (κ3) is 3.99. The minimum absolute atomic E-state index is 0.0364. The number of rotatable bonds is 7. The lowest BCUT2D eigenvalue weighted by atomic mass is 10.1. The Labute approximate surface area is 168 Å². The SMILES string of the molecule is COc1ccccc1-c1cc(CN2C(=O)NC(CCc3ccccc3)C2=O)on1. The molecule has 1 saturated heterocycles. The fourth-order valence-corrected chi connectivity index (χ4v) is 3.40. The van der Waals surface area contributed by atoms with Gasteiger partial charge in [0.25, 0.3) is 5.91 Å². The maximum atomic E-state index is 12.7. The van der Waals surface area contributed by atoms with Gasteiger partial charge in [-0.05, 0) is 30.5 Å². The molecule has 0 saturated carbocycles. The summed E-state index contributed by atoms with van der Waals surface area (Å²) in [5.41, 5.74) is 2.50. The number of amides is 3. The molecule has 1 atom stereocenters. The molecule has 0 spiro atoms. The second-order valence-corrected chi connectivity index (χ2v) is 6.83. The second kappa shape index (κ2) is 8.18. The van der Waals surface area contributed by atoms with Crippen LogP contribution in [-0.2, 0) is 17.8 Å². The molecule has 4 rings (SSSR count). The number of ether oxygens (including phenoxy) is 1. The smallest absolute Gasteiger partial charge is 0.325 e. The zero-order valence-electron chi connectivity index (χ0n) is 16.0. The summed E-state index contributed by atoms with van der Waals surface area (Å²) in [7, 11) is 1.59. The number of aryl methyl sites for hydroxylation is 1. The molecule has 7 heteroatoms. The van der Waals surface area contributed by atoms with Gasteiger partial charge in [-0.2, -0.15) is 0 Å². The topological polar surface area (TPSA) is 84.7 Å². The van der Waals surface area contributed by atoms with E-state index >= 15 is 0 Å². The van der Waals surface area contributed by atoms with E-state index in [-0.39, 0.29) is 12.5 Å².